The quantitative estimate of drug-likeness (QED) is 0.691. The van der Waals surface area contributed by atoms with Gasteiger partial charge in [0.1, 0.15) is 0 Å². The van der Waals surface area contributed by atoms with Gasteiger partial charge in [-0.25, -0.2) is 0 Å². The van der Waals surface area contributed by atoms with E-state index in [-0.39, 0.29) is 11.4 Å². The molecule has 0 radical (unpaired) electrons. The van der Waals surface area contributed by atoms with E-state index in [0.717, 1.165) is 25.9 Å². The smallest absolute Gasteiger partial charge is 0.313 e. The molecule has 3 heteroatoms. The normalized spacial score (nSPS) is 31.8. The first kappa shape index (κ1) is 9.97. The topological polar surface area (TPSA) is 38.3 Å². The minimum absolute atomic E-state index is 0.0249. The Morgan fingerprint density at radius 1 is 1.57 bits per heavy atom. The van der Waals surface area contributed by atoms with Gasteiger partial charge in [-0.3, -0.25) is 4.79 Å². The van der Waals surface area contributed by atoms with Gasteiger partial charge >= 0.3 is 5.97 Å². The van der Waals surface area contributed by atoms with E-state index in [4.69, 9.17) is 4.74 Å². The van der Waals surface area contributed by atoms with Crippen molar-refractivity contribution in [3.8, 4) is 0 Å². The second-order valence-corrected chi connectivity index (χ2v) is 4.60. The van der Waals surface area contributed by atoms with Gasteiger partial charge in [-0.2, -0.15) is 0 Å². The average molecular weight is 197 g/mol. The summed E-state index contributed by atoms with van der Waals surface area (Å²) in [5.41, 5.74) is -0.213. The lowest BCUT2D eigenvalue weighted by molar-refractivity contribution is -0.155. The summed E-state index contributed by atoms with van der Waals surface area (Å²) in [5, 5.41) is 3.25. The summed E-state index contributed by atoms with van der Waals surface area (Å²) in [7, 11) is 0. The van der Waals surface area contributed by atoms with Gasteiger partial charge in [-0.1, -0.05) is 6.92 Å². The molecular formula is C11H19NO2. The Balaban J connectivity index is 1.86. The van der Waals surface area contributed by atoms with Crippen molar-refractivity contribution >= 4 is 5.97 Å². The number of hydrogen-bond donors (Lipinski definition) is 1. The molecule has 1 saturated carbocycles. The molecule has 1 atom stereocenters. The Bertz CT molecular complexity index is 217. The largest absolute Gasteiger partial charge is 0.465 e. The van der Waals surface area contributed by atoms with Gasteiger partial charge in [0.2, 0.25) is 0 Å². The third kappa shape index (κ3) is 1.92. The summed E-state index contributed by atoms with van der Waals surface area (Å²) in [5.74, 6) is 0.694. The van der Waals surface area contributed by atoms with Gasteiger partial charge in [0.05, 0.1) is 12.0 Å². The van der Waals surface area contributed by atoms with Gasteiger partial charge in [-0.15, -0.1) is 0 Å². The summed E-state index contributed by atoms with van der Waals surface area (Å²) in [4.78, 5) is 11.9. The van der Waals surface area contributed by atoms with Crippen LogP contribution in [0.25, 0.3) is 0 Å². The molecule has 1 N–H and O–H groups in total. The van der Waals surface area contributed by atoms with Crippen molar-refractivity contribution < 1.29 is 9.53 Å². The van der Waals surface area contributed by atoms with Crippen LogP contribution in [-0.2, 0) is 9.53 Å². The third-order valence-corrected chi connectivity index (χ3v) is 3.50. The maximum absolute atomic E-state index is 11.9. The highest BCUT2D eigenvalue weighted by Gasteiger charge is 2.41. The van der Waals surface area contributed by atoms with Crippen LogP contribution in [0, 0.1) is 11.3 Å². The second-order valence-electron chi connectivity index (χ2n) is 4.60. The van der Waals surface area contributed by atoms with Gasteiger partial charge in [0.15, 0.2) is 0 Å². The monoisotopic (exact) mass is 197 g/mol. The highest BCUT2D eigenvalue weighted by molar-refractivity contribution is 5.77. The molecule has 2 fully saturated rings. The number of nitrogens with one attached hydrogen (secondary N) is 1. The van der Waals surface area contributed by atoms with E-state index >= 15 is 0 Å². The number of carbonyl (C=O) groups is 1. The molecule has 1 heterocycles. The average Bonchev–Trinajstić information content (AvgIpc) is 2.90. The van der Waals surface area contributed by atoms with Crippen LogP contribution in [0.15, 0.2) is 0 Å². The second kappa shape index (κ2) is 3.89. The van der Waals surface area contributed by atoms with E-state index in [1.807, 2.05) is 0 Å². The summed E-state index contributed by atoms with van der Waals surface area (Å²) in [6, 6.07) is 0. The van der Waals surface area contributed by atoms with Crippen molar-refractivity contribution in [3.05, 3.63) is 0 Å². The van der Waals surface area contributed by atoms with E-state index in [1.165, 1.54) is 12.8 Å². The fraction of sp³-hybridized carbons (Fsp3) is 0.909. The summed E-state index contributed by atoms with van der Waals surface area (Å²) in [6.07, 6.45) is 4.31. The molecule has 0 aromatic heterocycles. The molecule has 0 aromatic carbocycles. The van der Waals surface area contributed by atoms with Gasteiger partial charge in [0.25, 0.3) is 0 Å². The van der Waals surface area contributed by atoms with Crippen LogP contribution in [0.3, 0.4) is 0 Å². The van der Waals surface area contributed by atoms with Crippen LogP contribution in [-0.4, -0.2) is 25.7 Å². The Kier molecular flexibility index (Phi) is 2.77. The number of ether oxygens (including phenoxy) is 1. The minimum Gasteiger partial charge on any atom is -0.465 e. The van der Waals surface area contributed by atoms with Crippen LogP contribution < -0.4 is 5.32 Å². The third-order valence-electron chi connectivity index (χ3n) is 3.50. The summed E-state index contributed by atoms with van der Waals surface area (Å²) in [6.45, 7) is 4.48. The van der Waals surface area contributed by atoms with Crippen LogP contribution >= 0.6 is 0 Å². The van der Waals surface area contributed by atoms with E-state index in [2.05, 4.69) is 12.2 Å². The van der Waals surface area contributed by atoms with E-state index < -0.39 is 0 Å². The lowest BCUT2D eigenvalue weighted by atomic mass is 9.84. The first-order valence-corrected chi connectivity index (χ1v) is 5.65. The lowest BCUT2D eigenvalue weighted by Crippen LogP contribution is -2.34. The molecule has 0 aromatic rings. The zero-order valence-corrected chi connectivity index (χ0v) is 8.84. The molecule has 1 unspecified atom stereocenters. The number of hydrogen-bond acceptors (Lipinski definition) is 3. The molecule has 80 valence electrons. The van der Waals surface area contributed by atoms with Crippen LogP contribution in [0.2, 0.25) is 0 Å². The first-order valence-electron chi connectivity index (χ1n) is 5.65. The number of rotatable bonds is 4. The zero-order valence-electron chi connectivity index (χ0n) is 8.84. The maximum Gasteiger partial charge on any atom is 0.313 e. The SMILES string of the molecule is CCC1(C(=O)OCC2CC2)CCNC1. The minimum atomic E-state index is -0.213. The number of carbonyl (C=O) groups excluding carboxylic acids is 1. The van der Waals surface area contributed by atoms with E-state index in [0.29, 0.717) is 12.5 Å². The molecule has 2 rings (SSSR count). The predicted octanol–water partition coefficient (Wildman–Crippen LogP) is 1.33. The van der Waals surface area contributed by atoms with E-state index in [9.17, 15) is 4.79 Å². The van der Waals surface area contributed by atoms with Crippen LogP contribution in [0.4, 0.5) is 0 Å². The fourth-order valence-electron chi connectivity index (χ4n) is 2.00. The molecule has 0 bridgehead atoms. The molecule has 3 nitrogen and oxygen atoms in total. The van der Waals surface area contributed by atoms with Gasteiger partial charge in [0, 0.05) is 6.54 Å². The molecule has 1 aliphatic carbocycles. The molecule has 2 aliphatic rings. The highest BCUT2D eigenvalue weighted by Crippen LogP contribution is 2.33. The van der Waals surface area contributed by atoms with Crippen LogP contribution in [0.1, 0.15) is 32.6 Å². The Hall–Kier alpha value is -0.570. The van der Waals surface area contributed by atoms with Crippen LogP contribution in [0.5, 0.6) is 0 Å². The molecule has 1 aliphatic heterocycles. The van der Waals surface area contributed by atoms with Crippen molar-refractivity contribution in [1.82, 2.24) is 5.32 Å². The van der Waals surface area contributed by atoms with Crippen molar-refractivity contribution in [2.24, 2.45) is 11.3 Å². The Morgan fingerprint density at radius 2 is 2.36 bits per heavy atom. The first-order chi connectivity index (χ1) is 6.77. The Morgan fingerprint density at radius 3 is 2.86 bits per heavy atom. The molecule has 14 heavy (non-hydrogen) atoms. The predicted molar refractivity (Wildman–Crippen MR) is 53.9 cm³/mol. The fourth-order valence-corrected chi connectivity index (χ4v) is 2.00. The number of esters is 1. The molecule has 0 spiro atoms. The Labute approximate surface area is 85.2 Å². The van der Waals surface area contributed by atoms with Crippen molar-refractivity contribution in [2.45, 2.75) is 32.6 Å². The standard InChI is InChI=1S/C11H19NO2/c1-2-11(5-6-12-8-11)10(13)14-7-9-3-4-9/h9,12H,2-8H2,1H3. The molecule has 0 amide bonds. The van der Waals surface area contributed by atoms with E-state index in [1.54, 1.807) is 0 Å². The summed E-state index contributed by atoms with van der Waals surface area (Å²) >= 11 is 0. The van der Waals surface area contributed by atoms with Crippen molar-refractivity contribution in [1.29, 1.82) is 0 Å². The van der Waals surface area contributed by atoms with Crippen molar-refractivity contribution in [2.75, 3.05) is 19.7 Å². The van der Waals surface area contributed by atoms with Gasteiger partial charge in [-0.05, 0) is 38.1 Å². The zero-order chi connectivity index (χ0) is 10.0. The van der Waals surface area contributed by atoms with Crippen molar-refractivity contribution in [3.63, 3.8) is 0 Å². The lowest BCUT2D eigenvalue weighted by Gasteiger charge is -2.23. The summed E-state index contributed by atoms with van der Waals surface area (Å²) < 4.78 is 5.37. The molecule has 1 saturated heterocycles. The highest BCUT2D eigenvalue weighted by atomic mass is 16.5. The maximum atomic E-state index is 11.9. The van der Waals surface area contributed by atoms with Gasteiger partial charge < -0.3 is 10.1 Å². The molecular weight excluding hydrogens is 178 g/mol.